The SMILES string of the molecule is CN1CCN(Cc2cncc(-c3ccc4[nH]nc(C(=O)Nc5ccc(N6CCCC6)nc5)c4c3)c2)CC1. The van der Waals surface area contributed by atoms with Gasteiger partial charge in [0.05, 0.1) is 17.4 Å². The number of likely N-dealkylation sites (N-methyl/N-ethyl adjacent to an activating group) is 1. The highest BCUT2D eigenvalue weighted by Gasteiger charge is 2.18. The average Bonchev–Trinajstić information content (AvgIpc) is 3.61. The second-order valence-electron chi connectivity index (χ2n) is 10.0. The van der Waals surface area contributed by atoms with E-state index in [1.165, 1.54) is 18.4 Å². The molecule has 3 aromatic heterocycles. The maximum atomic E-state index is 13.1. The fourth-order valence-electron chi connectivity index (χ4n) is 5.15. The zero-order valence-electron chi connectivity index (χ0n) is 21.2. The van der Waals surface area contributed by atoms with Crippen LogP contribution in [0.4, 0.5) is 11.5 Å². The molecule has 1 amide bonds. The Hall–Kier alpha value is -3.82. The van der Waals surface area contributed by atoms with Gasteiger partial charge in [-0.2, -0.15) is 5.10 Å². The fraction of sp³-hybridized carbons (Fsp3) is 0.357. The topological polar surface area (TPSA) is 93.3 Å². The first-order valence-corrected chi connectivity index (χ1v) is 13.0. The maximum Gasteiger partial charge on any atom is 0.276 e. The number of carbonyl (C=O) groups excluding carboxylic acids is 1. The van der Waals surface area contributed by atoms with Crippen molar-refractivity contribution in [3.05, 3.63) is 66.2 Å². The Kier molecular flexibility index (Phi) is 6.55. The van der Waals surface area contributed by atoms with Crippen LogP contribution in [-0.4, -0.2) is 82.2 Å². The summed E-state index contributed by atoms with van der Waals surface area (Å²) in [6.07, 6.45) is 7.93. The number of aromatic nitrogens is 4. The minimum atomic E-state index is -0.263. The van der Waals surface area contributed by atoms with E-state index in [9.17, 15) is 4.79 Å². The predicted octanol–water partition coefficient (Wildman–Crippen LogP) is 3.62. The number of amides is 1. The van der Waals surface area contributed by atoms with Crippen molar-refractivity contribution >= 4 is 28.3 Å². The number of rotatable bonds is 6. The van der Waals surface area contributed by atoms with Crippen molar-refractivity contribution in [2.24, 2.45) is 0 Å². The molecule has 0 saturated carbocycles. The number of anilines is 2. The number of nitrogens with one attached hydrogen (secondary N) is 2. The molecule has 4 aromatic rings. The van der Waals surface area contributed by atoms with Gasteiger partial charge < -0.3 is 15.1 Å². The van der Waals surface area contributed by atoms with Crippen LogP contribution >= 0.6 is 0 Å². The van der Waals surface area contributed by atoms with Gasteiger partial charge in [0.2, 0.25) is 0 Å². The lowest BCUT2D eigenvalue weighted by Gasteiger charge is -2.32. The number of benzene rings is 1. The minimum absolute atomic E-state index is 0.263. The third-order valence-corrected chi connectivity index (χ3v) is 7.34. The summed E-state index contributed by atoms with van der Waals surface area (Å²) in [5, 5.41) is 11.0. The van der Waals surface area contributed by atoms with E-state index in [4.69, 9.17) is 0 Å². The number of nitrogens with zero attached hydrogens (tertiary/aromatic N) is 6. The van der Waals surface area contributed by atoms with Crippen molar-refractivity contribution in [3.63, 3.8) is 0 Å². The monoisotopic (exact) mass is 496 g/mol. The van der Waals surface area contributed by atoms with Crippen molar-refractivity contribution in [2.45, 2.75) is 19.4 Å². The van der Waals surface area contributed by atoms with Gasteiger partial charge >= 0.3 is 0 Å². The molecule has 0 unspecified atom stereocenters. The highest BCUT2D eigenvalue weighted by molar-refractivity contribution is 6.11. The first-order chi connectivity index (χ1) is 18.1. The van der Waals surface area contributed by atoms with E-state index in [2.05, 4.69) is 53.3 Å². The third-order valence-electron chi connectivity index (χ3n) is 7.34. The van der Waals surface area contributed by atoms with Crippen molar-refractivity contribution in [2.75, 3.05) is 56.5 Å². The van der Waals surface area contributed by atoms with Gasteiger partial charge in [0, 0.05) is 69.2 Å². The van der Waals surface area contributed by atoms with Crippen LogP contribution < -0.4 is 10.2 Å². The predicted molar refractivity (Wildman–Crippen MR) is 146 cm³/mol. The number of piperazine rings is 1. The molecule has 9 nitrogen and oxygen atoms in total. The molecule has 0 spiro atoms. The zero-order chi connectivity index (χ0) is 25.2. The molecule has 0 bridgehead atoms. The highest BCUT2D eigenvalue weighted by atomic mass is 16.1. The third kappa shape index (κ3) is 5.19. The number of hydrogen-bond donors (Lipinski definition) is 2. The van der Waals surface area contributed by atoms with E-state index in [1.807, 2.05) is 42.7 Å². The molecule has 2 aliphatic heterocycles. The van der Waals surface area contributed by atoms with Gasteiger partial charge in [0.25, 0.3) is 5.91 Å². The second kappa shape index (κ2) is 10.3. The van der Waals surface area contributed by atoms with E-state index in [0.717, 1.165) is 73.7 Å². The van der Waals surface area contributed by atoms with Crippen LogP contribution in [0.2, 0.25) is 0 Å². The lowest BCUT2D eigenvalue weighted by Crippen LogP contribution is -2.43. The molecule has 5 heterocycles. The van der Waals surface area contributed by atoms with Crippen LogP contribution in [0.15, 0.2) is 55.0 Å². The van der Waals surface area contributed by atoms with Crippen LogP contribution in [0.3, 0.4) is 0 Å². The number of aromatic amines is 1. The first-order valence-electron chi connectivity index (χ1n) is 13.0. The van der Waals surface area contributed by atoms with E-state index in [1.54, 1.807) is 6.20 Å². The normalized spacial score (nSPS) is 16.9. The van der Waals surface area contributed by atoms with Crippen LogP contribution in [0.1, 0.15) is 28.9 Å². The standard InChI is InChI=1S/C28H32N8O/c1-34-10-12-35(13-11-34)19-20-14-22(17-29-16-20)21-4-6-25-24(15-21)27(33-32-25)28(37)31-23-5-7-26(30-18-23)36-8-2-3-9-36/h4-7,14-18H,2-3,8-13,19H2,1H3,(H,31,37)(H,32,33). The molecule has 37 heavy (non-hydrogen) atoms. The molecule has 1 aromatic carbocycles. The summed E-state index contributed by atoms with van der Waals surface area (Å²) < 4.78 is 0. The summed E-state index contributed by atoms with van der Waals surface area (Å²) >= 11 is 0. The molecule has 0 atom stereocenters. The number of hydrogen-bond acceptors (Lipinski definition) is 7. The summed E-state index contributed by atoms with van der Waals surface area (Å²) in [6, 6.07) is 12.1. The summed E-state index contributed by atoms with van der Waals surface area (Å²) in [6.45, 7) is 7.28. The Balaban J connectivity index is 1.19. The summed E-state index contributed by atoms with van der Waals surface area (Å²) in [5.74, 6) is 0.690. The number of H-pyrrole nitrogens is 1. The van der Waals surface area contributed by atoms with E-state index < -0.39 is 0 Å². The fourth-order valence-corrected chi connectivity index (χ4v) is 5.15. The van der Waals surface area contributed by atoms with Gasteiger partial charge in [-0.25, -0.2) is 4.98 Å². The second-order valence-corrected chi connectivity index (χ2v) is 10.0. The highest BCUT2D eigenvalue weighted by Crippen LogP contribution is 2.27. The molecule has 190 valence electrons. The molecule has 9 heteroatoms. The molecular weight excluding hydrogens is 464 g/mol. The molecule has 0 aliphatic carbocycles. The van der Waals surface area contributed by atoms with Gasteiger partial charge in [-0.1, -0.05) is 6.07 Å². The van der Waals surface area contributed by atoms with Gasteiger partial charge in [-0.3, -0.25) is 19.8 Å². The Morgan fingerprint density at radius 1 is 0.946 bits per heavy atom. The lowest BCUT2D eigenvalue weighted by atomic mass is 10.0. The Morgan fingerprint density at radius 2 is 1.78 bits per heavy atom. The molecule has 6 rings (SSSR count). The van der Waals surface area contributed by atoms with Crippen molar-refractivity contribution in [1.29, 1.82) is 0 Å². The van der Waals surface area contributed by atoms with Crippen molar-refractivity contribution in [1.82, 2.24) is 30.0 Å². The van der Waals surface area contributed by atoms with E-state index in [0.29, 0.717) is 11.4 Å². The van der Waals surface area contributed by atoms with Crippen LogP contribution in [0.5, 0.6) is 0 Å². The quantitative estimate of drug-likeness (QED) is 0.421. The Morgan fingerprint density at radius 3 is 2.57 bits per heavy atom. The molecule has 2 aliphatic rings. The first kappa shape index (κ1) is 23.6. The van der Waals surface area contributed by atoms with Crippen molar-refractivity contribution in [3.8, 4) is 11.1 Å². The molecule has 2 fully saturated rings. The molecule has 2 N–H and O–H groups in total. The van der Waals surface area contributed by atoms with E-state index >= 15 is 0 Å². The maximum absolute atomic E-state index is 13.1. The van der Waals surface area contributed by atoms with Gasteiger partial charge in [0.1, 0.15) is 5.82 Å². The minimum Gasteiger partial charge on any atom is -0.357 e. The molecule has 2 saturated heterocycles. The van der Waals surface area contributed by atoms with Crippen LogP contribution in [0, 0.1) is 0 Å². The smallest absolute Gasteiger partial charge is 0.276 e. The summed E-state index contributed by atoms with van der Waals surface area (Å²) in [7, 11) is 2.17. The Labute approximate surface area is 216 Å². The lowest BCUT2D eigenvalue weighted by molar-refractivity contribution is 0.102. The van der Waals surface area contributed by atoms with Crippen LogP contribution in [0.25, 0.3) is 22.0 Å². The van der Waals surface area contributed by atoms with E-state index in [-0.39, 0.29) is 5.91 Å². The Bertz CT molecular complexity index is 1390. The summed E-state index contributed by atoms with van der Waals surface area (Å²) in [5.41, 5.74) is 5.06. The van der Waals surface area contributed by atoms with Gasteiger partial charge in [-0.15, -0.1) is 0 Å². The largest absolute Gasteiger partial charge is 0.357 e. The molecular formula is C28H32N8O. The van der Waals surface area contributed by atoms with Crippen molar-refractivity contribution < 1.29 is 4.79 Å². The number of pyridine rings is 2. The summed E-state index contributed by atoms with van der Waals surface area (Å²) in [4.78, 5) is 29.3. The van der Waals surface area contributed by atoms with Crippen LogP contribution in [-0.2, 0) is 6.54 Å². The zero-order valence-corrected chi connectivity index (χ0v) is 21.2. The molecule has 0 radical (unpaired) electrons. The number of carbonyl (C=O) groups is 1. The van der Waals surface area contributed by atoms with Gasteiger partial charge in [-0.05, 0) is 61.3 Å². The average molecular weight is 497 g/mol. The van der Waals surface area contributed by atoms with Gasteiger partial charge in [0.15, 0.2) is 5.69 Å². The number of fused-ring (bicyclic) bond motifs is 1.